The van der Waals surface area contributed by atoms with Gasteiger partial charge < -0.3 is 35.0 Å². The Bertz CT molecular complexity index is 807. The molecular formula is C20H22O8. The number of hydrogen-bond acceptors (Lipinski definition) is 8. The molecule has 0 saturated carbocycles. The third kappa shape index (κ3) is 4.07. The molecule has 0 amide bonds. The number of aliphatic hydroxyl groups is 5. The maximum Gasteiger partial charge on any atom is 0.229 e. The largest absolute Gasteiger partial charge is 0.462 e. The van der Waals surface area contributed by atoms with E-state index in [1.165, 1.54) is 18.2 Å². The topological polar surface area (TPSA) is 137 Å². The number of carbonyl (C=O) groups excluding carboxylic acids is 1. The second-order valence-electron chi connectivity index (χ2n) is 6.49. The van der Waals surface area contributed by atoms with Crippen molar-refractivity contribution >= 4 is 5.78 Å². The predicted molar refractivity (Wildman–Crippen MR) is 96.6 cm³/mol. The first-order valence-corrected chi connectivity index (χ1v) is 8.77. The van der Waals surface area contributed by atoms with E-state index in [2.05, 4.69) is 0 Å². The third-order valence-corrected chi connectivity index (χ3v) is 4.62. The SMILES string of the molecule is O=C(c1ccccc1)c1ccc(O[C@@H]2O[C@H](CO)[C@@H](O)[C@H](O)[C@H]2O)c(CO)c1. The molecule has 8 nitrogen and oxygen atoms in total. The zero-order valence-corrected chi connectivity index (χ0v) is 14.9. The number of hydrogen-bond donors (Lipinski definition) is 5. The van der Waals surface area contributed by atoms with Gasteiger partial charge in [0.05, 0.1) is 13.2 Å². The highest BCUT2D eigenvalue weighted by molar-refractivity contribution is 6.09. The average Bonchev–Trinajstić information content (AvgIpc) is 2.74. The molecule has 0 aliphatic carbocycles. The second kappa shape index (κ2) is 8.78. The summed E-state index contributed by atoms with van der Waals surface area (Å²) < 4.78 is 10.9. The molecule has 0 aromatic heterocycles. The van der Waals surface area contributed by atoms with E-state index >= 15 is 0 Å². The van der Waals surface area contributed by atoms with Crippen molar-refractivity contribution in [1.82, 2.24) is 0 Å². The van der Waals surface area contributed by atoms with Crippen LogP contribution in [-0.2, 0) is 11.3 Å². The van der Waals surface area contributed by atoms with Crippen LogP contribution in [0.4, 0.5) is 0 Å². The average molecular weight is 390 g/mol. The summed E-state index contributed by atoms with van der Waals surface area (Å²) in [6.07, 6.45) is -7.14. The summed E-state index contributed by atoms with van der Waals surface area (Å²) in [7, 11) is 0. The van der Waals surface area contributed by atoms with Gasteiger partial charge in [-0.2, -0.15) is 0 Å². The Morgan fingerprint density at radius 2 is 1.64 bits per heavy atom. The summed E-state index contributed by atoms with van der Waals surface area (Å²) in [5.74, 6) is -0.0915. The highest BCUT2D eigenvalue weighted by Crippen LogP contribution is 2.28. The molecule has 5 N–H and O–H groups in total. The monoisotopic (exact) mass is 390 g/mol. The third-order valence-electron chi connectivity index (χ3n) is 4.62. The van der Waals surface area contributed by atoms with Gasteiger partial charge in [0, 0.05) is 16.7 Å². The van der Waals surface area contributed by atoms with Crippen LogP contribution >= 0.6 is 0 Å². The van der Waals surface area contributed by atoms with Crippen molar-refractivity contribution in [3.8, 4) is 5.75 Å². The van der Waals surface area contributed by atoms with Crippen LogP contribution in [0.1, 0.15) is 21.5 Å². The lowest BCUT2D eigenvalue weighted by molar-refractivity contribution is -0.277. The molecule has 3 rings (SSSR count). The molecule has 28 heavy (non-hydrogen) atoms. The van der Waals surface area contributed by atoms with Gasteiger partial charge in [-0.25, -0.2) is 0 Å². The number of aliphatic hydroxyl groups excluding tert-OH is 5. The van der Waals surface area contributed by atoms with Gasteiger partial charge in [0.15, 0.2) is 5.78 Å². The maximum atomic E-state index is 12.6. The van der Waals surface area contributed by atoms with E-state index in [9.17, 15) is 30.3 Å². The zero-order chi connectivity index (χ0) is 20.3. The molecule has 0 radical (unpaired) electrons. The molecule has 8 heteroatoms. The van der Waals surface area contributed by atoms with Crippen LogP contribution in [0.5, 0.6) is 5.75 Å². The molecule has 1 aliphatic rings. The molecule has 0 unspecified atom stereocenters. The van der Waals surface area contributed by atoms with Gasteiger partial charge in [-0.3, -0.25) is 4.79 Å². The predicted octanol–water partition coefficient (Wildman–Crippen LogP) is -0.411. The van der Waals surface area contributed by atoms with Crippen molar-refractivity contribution in [3.05, 3.63) is 65.2 Å². The lowest BCUT2D eigenvalue weighted by atomic mass is 9.99. The fraction of sp³-hybridized carbons (Fsp3) is 0.350. The second-order valence-corrected chi connectivity index (χ2v) is 6.49. The maximum absolute atomic E-state index is 12.6. The fourth-order valence-corrected chi connectivity index (χ4v) is 3.01. The van der Waals surface area contributed by atoms with Gasteiger partial charge in [-0.15, -0.1) is 0 Å². The van der Waals surface area contributed by atoms with Crippen molar-refractivity contribution in [1.29, 1.82) is 0 Å². The fourth-order valence-electron chi connectivity index (χ4n) is 3.01. The van der Waals surface area contributed by atoms with Gasteiger partial charge in [0.25, 0.3) is 0 Å². The van der Waals surface area contributed by atoms with Crippen molar-refractivity contribution in [3.63, 3.8) is 0 Å². The first-order chi connectivity index (χ1) is 13.5. The molecule has 1 saturated heterocycles. The van der Waals surface area contributed by atoms with Crippen molar-refractivity contribution < 1.29 is 39.8 Å². The summed E-state index contributed by atoms with van der Waals surface area (Å²) >= 11 is 0. The van der Waals surface area contributed by atoms with Gasteiger partial charge in [-0.05, 0) is 18.2 Å². The van der Waals surface area contributed by atoms with E-state index in [-0.39, 0.29) is 17.1 Å². The van der Waals surface area contributed by atoms with Gasteiger partial charge >= 0.3 is 0 Å². The highest BCUT2D eigenvalue weighted by atomic mass is 16.7. The van der Waals surface area contributed by atoms with Crippen molar-refractivity contribution in [2.45, 2.75) is 37.3 Å². The van der Waals surface area contributed by atoms with Crippen molar-refractivity contribution in [2.24, 2.45) is 0 Å². The standard InChI is InChI=1S/C20H22O8/c21-9-13-8-12(16(23)11-4-2-1-3-5-11)6-7-14(13)27-20-19(26)18(25)17(24)15(10-22)28-20/h1-8,15,17-22,24-26H,9-10H2/t15-,17-,18+,19-,20-/m1/s1. The summed E-state index contributed by atoms with van der Waals surface area (Å²) in [5.41, 5.74) is 1.11. The minimum Gasteiger partial charge on any atom is -0.462 e. The lowest BCUT2D eigenvalue weighted by Gasteiger charge is -2.39. The van der Waals surface area contributed by atoms with E-state index < -0.39 is 43.9 Å². The Hall–Kier alpha value is -2.33. The van der Waals surface area contributed by atoms with E-state index in [0.29, 0.717) is 11.1 Å². The van der Waals surface area contributed by atoms with E-state index in [1.807, 2.05) is 0 Å². The Labute approximate surface area is 161 Å². The van der Waals surface area contributed by atoms with Crippen LogP contribution in [0, 0.1) is 0 Å². The molecule has 0 spiro atoms. The summed E-state index contributed by atoms with van der Waals surface area (Å²) in [6.45, 7) is -1.02. The highest BCUT2D eigenvalue weighted by Gasteiger charge is 2.44. The Morgan fingerprint density at radius 3 is 2.29 bits per heavy atom. The van der Waals surface area contributed by atoms with Crippen LogP contribution in [0.2, 0.25) is 0 Å². The molecular weight excluding hydrogens is 368 g/mol. The normalized spacial score (nSPS) is 27.4. The Kier molecular flexibility index (Phi) is 6.40. The first kappa shape index (κ1) is 20.4. The number of carbonyl (C=O) groups is 1. The molecule has 150 valence electrons. The molecule has 1 heterocycles. The molecule has 5 atom stereocenters. The van der Waals surface area contributed by atoms with Crippen molar-refractivity contribution in [2.75, 3.05) is 6.61 Å². The van der Waals surface area contributed by atoms with Gasteiger partial charge in [0.2, 0.25) is 6.29 Å². The quantitative estimate of drug-likeness (QED) is 0.420. The number of ketones is 1. The molecule has 1 fully saturated rings. The Balaban J connectivity index is 1.82. The summed E-state index contributed by atoms with van der Waals surface area (Å²) in [4.78, 5) is 12.6. The summed E-state index contributed by atoms with van der Waals surface area (Å²) in [5, 5.41) is 48.7. The van der Waals surface area contributed by atoms with Crippen LogP contribution in [0.3, 0.4) is 0 Å². The smallest absolute Gasteiger partial charge is 0.229 e. The molecule has 2 aromatic rings. The van der Waals surface area contributed by atoms with Gasteiger partial charge in [0.1, 0.15) is 30.2 Å². The zero-order valence-electron chi connectivity index (χ0n) is 14.9. The van der Waals surface area contributed by atoms with E-state index in [4.69, 9.17) is 9.47 Å². The van der Waals surface area contributed by atoms with Crippen LogP contribution in [0.25, 0.3) is 0 Å². The first-order valence-electron chi connectivity index (χ1n) is 8.77. The number of ether oxygens (including phenoxy) is 2. The molecule has 0 bridgehead atoms. The summed E-state index contributed by atoms with van der Waals surface area (Å²) in [6, 6.07) is 13.1. The Morgan fingerprint density at radius 1 is 0.929 bits per heavy atom. The van der Waals surface area contributed by atoms with Crippen LogP contribution in [-0.4, -0.2) is 68.6 Å². The molecule has 2 aromatic carbocycles. The van der Waals surface area contributed by atoms with Gasteiger partial charge in [-0.1, -0.05) is 30.3 Å². The lowest BCUT2D eigenvalue weighted by Crippen LogP contribution is -2.60. The van der Waals surface area contributed by atoms with Crippen LogP contribution < -0.4 is 4.74 Å². The van der Waals surface area contributed by atoms with Crippen LogP contribution in [0.15, 0.2) is 48.5 Å². The van der Waals surface area contributed by atoms with E-state index in [1.54, 1.807) is 30.3 Å². The number of benzene rings is 2. The minimum absolute atomic E-state index is 0.136. The minimum atomic E-state index is -1.58. The van der Waals surface area contributed by atoms with E-state index in [0.717, 1.165) is 0 Å². The molecule has 1 aliphatic heterocycles. The number of rotatable bonds is 6.